The van der Waals surface area contributed by atoms with E-state index in [1.54, 1.807) is 0 Å². The maximum Gasteiger partial charge on any atom is 0.147 e. The number of rotatable bonds is 3. The molecule has 0 aliphatic heterocycles. The number of nitrogens with zero attached hydrogens (tertiary/aromatic N) is 1. The summed E-state index contributed by atoms with van der Waals surface area (Å²) in [7, 11) is 0. The summed E-state index contributed by atoms with van der Waals surface area (Å²) in [6, 6.07) is 0. The Morgan fingerprint density at radius 1 is 1.25 bits per heavy atom. The zero-order valence-electron chi connectivity index (χ0n) is 6.36. The standard InChI is InChI=1S/C8H8BrF2N/c9-3-1-2-6-7(10)4-12-5-8(6)11/h4-5H,1-3H2. The van der Waals surface area contributed by atoms with Gasteiger partial charge in [0, 0.05) is 10.9 Å². The molecule has 66 valence electrons. The molecule has 1 nitrogen and oxygen atoms in total. The van der Waals surface area contributed by atoms with Crippen molar-refractivity contribution in [3.05, 3.63) is 29.6 Å². The Morgan fingerprint density at radius 3 is 2.33 bits per heavy atom. The van der Waals surface area contributed by atoms with Crippen molar-refractivity contribution in [3.63, 3.8) is 0 Å². The molecule has 0 aliphatic carbocycles. The Hall–Kier alpha value is -0.510. The molecule has 1 aromatic rings. The molecule has 1 aromatic heterocycles. The van der Waals surface area contributed by atoms with E-state index in [9.17, 15) is 8.78 Å². The lowest BCUT2D eigenvalue weighted by Gasteiger charge is -2.01. The van der Waals surface area contributed by atoms with Gasteiger partial charge in [-0.3, -0.25) is 4.98 Å². The predicted molar refractivity (Wildman–Crippen MR) is 46.3 cm³/mol. The highest BCUT2D eigenvalue weighted by Crippen LogP contribution is 2.12. The molecule has 1 heterocycles. The molecular formula is C8H8BrF2N. The third-order valence-corrected chi connectivity index (χ3v) is 2.07. The molecule has 4 heteroatoms. The lowest BCUT2D eigenvalue weighted by Crippen LogP contribution is -1.97. The smallest absolute Gasteiger partial charge is 0.147 e. The highest BCUT2D eigenvalue weighted by Gasteiger charge is 2.07. The lowest BCUT2D eigenvalue weighted by molar-refractivity contribution is 0.544. The number of pyridine rings is 1. The second-order valence-corrected chi connectivity index (χ2v) is 3.17. The van der Waals surface area contributed by atoms with Crippen LogP contribution < -0.4 is 0 Å². The van der Waals surface area contributed by atoms with E-state index >= 15 is 0 Å². The van der Waals surface area contributed by atoms with Gasteiger partial charge in [0.25, 0.3) is 0 Å². The van der Waals surface area contributed by atoms with Crippen LogP contribution in [0.3, 0.4) is 0 Å². The van der Waals surface area contributed by atoms with Crippen molar-refractivity contribution in [2.45, 2.75) is 12.8 Å². The predicted octanol–water partition coefficient (Wildman–Crippen LogP) is 2.69. The third kappa shape index (κ3) is 2.24. The molecule has 12 heavy (non-hydrogen) atoms. The number of alkyl halides is 1. The summed E-state index contributed by atoms with van der Waals surface area (Å²) in [6.45, 7) is 0. The Morgan fingerprint density at radius 2 is 1.83 bits per heavy atom. The molecule has 0 fully saturated rings. The second-order valence-electron chi connectivity index (χ2n) is 2.37. The molecule has 0 aliphatic rings. The second kappa shape index (κ2) is 4.50. The highest BCUT2D eigenvalue weighted by molar-refractivity contribution is 9.09. The van der Waals surface area contributed by atoms with E-state index in [1.165, 1.54) is 0 Å². The van der Waals surface area contributed by atoms with Crippen molar-refractivity contribution in [2.75, 3.05) is 5.33 Å². The van der Waals surface area contributed by atoms with E-state index in [1.807, 2.05) is 0 Å². The van der Waals surface area contributed by atoms with E-state index < -0.39 is 11.6 Å². The van der Waals surface area contributed by atoms with Gasteiger partial charge < -0.3 is 0 Å². The van der Waals surface area contributed by atoms with Crippen LogP contribution in [0.5, 0.6) is 0 Å². The van der Waals surface area contributed by atoms with Crippen molar-refractivity contribution < 1.29 is 8.78 Å². The van der Waals surface area contributed by atoms with Crippen LogP contribution in [0.25, 0.3) is 0 Å². The minimum absolute atomic E-state index is 0.129. The van der Waals surface area contributed by atoms with Gasteiger partial charge >= 0.3 is 0 Å². The van der Waals surface area contributed by atoms with Gasteiger partial charge in [0.05, 0.1) is 12.4 Å². The highest BCUT2D eigenvalue weighted by atomic mass is 79.9. The van der Waals surface area contributed by atoms with Crippen molar-refractivity contribution in [1.29, 1.82) is 0 Å². The molecule has 0 N–H and O–H groups in total. The van der Waals surface area contributed by atoms with Crippen LogP contribution in [0, 0.1) is 11.6 Å². The molecule has 0 radical (unpaired) electrons. The van der Waals surface area contributed by atoms with Crippen LogP contribution in [0.1, 0.15) is 12.0 Å². The first-order chi connectivity index (χ1) is 5.75. The number of hydrogen-bond donors (Lipinski definition) is 0. The Balaban J connectivity index is 2.81. The number of hydrogen-bond acceptors (Lipinski definition) is 1. The van der Waals surface area contributed by atoms with Crippen molar-refractivity contribution in [3.8, 4) is 0 Å². The fourth-order valence-corrected chi connectivity index (χ4v) is 1.20. The Labute approximate surface area is 77.9 Å². The number of halogens is 3. The molecule has 0 atom stereocenters. The van der Waals surface area contributed by atoms with Crippen molar-refractivity contribution >= 4 is 15.9 Å². The molecule has 0 aromatic carbocycles. The largest absolute Gasteiger partial charge is 0.259 e. The number of aromatic nitrogens is 1. The van der Waals surface area contributed by atoms with Crippen LogP contribution in [0.4, 0.5) is 8.78 Å². The normalized spacial score (nSPS) is 10.2. The SMILES string of the molecule is Fc1cncc(F)c1CCCBr. The van der Waals surface area contributed by atoms with Gasteiger partial charge in [0.15, 0.2) is 0 Å². The monoisotopic (exact) mass is 235 g/mol. The molecule has 0 saturated heterocycles. The summed E-state index contributed by atoms with van der Waals surface area (Å²) in [5.74, 6) is -1.12. The minimum Gasteiger partial charge on any atom is -0.259 e. The van der Waals surface area contributed by atoms with Gasteiger partial charge in [0.1, 0.15) is 11.6 Å². The molecule has 1 rings (SSSR count). The zero-order valence-corrected chi connectivity index (χ0v) is 7.94. The first kappa shape index (κ1) is 9.58. The third-order valence-electron chi connectivity index (χ3n) is 1.51. The summed E-state index contributed by atoms with van der Waals surface area (Å²) in [5.41, 5.74) is 0.129. The fourth-order valence-electron chi connectivity index (χ4n) is 0.920. The van der Waals surface area contributed by atoms with Gasteiger partial charge in [-0.1, -0.05) is 15.9 Å². The van der Waals surface area contributed by atoms with Crippen LogP contribution in [0.15, 0.2) is 12.4 Å². The Bertz CT molecular complexity index is 245. The molecule has 0 unspecified atom stereocenters. The van der Waals surface area contributed by atoms with E-state index in [-0.39, 0.29) is 5.56 Å². The van der Waals surface area contributed by atoms with E-state index in [2.05, 4.69) is 20.9 Å². The first-order valence-corrected chi connectivity index (χ1v) is 4.71. The summed E-state index contributed by atoms with van der Waals surface area (Å²) in [4.78, 5) is 3.39. The average molecular weight is 236 g/mol. The van der Waals surface area contributed by atoms with E-state index in [4.69, 9.17) is 0 Å². The molecular weight excluding hydrogens is 228 g/mol. The van der Waals surface area contributed by atoms with Crippen LogP contribution in [-0.4, -0.2) is 10.3 Å². The zero-order chi connectivity index (χ0) is 8.97. The fraction of sp³-hybridized carbons (Fsp3) is 0.375. The van der Waals surface area contributed by atoms with Crippen LogP contribution >= 0.6 is 15.9 Å². The van der Waals surface area contributed by atoms with Crippen molar-refractivity contribution in [1.82, 2.24) is 4.98 Å². The summed E-state index contributed by atoms with van der Waals surface area (Å²) in [6.07, 6.45) is 3.20. The lowest BCUT2D eigenvalue weighted by atomic mass is 10.1. The summed E-state index contributed by atoms with van der Waals surface area (Å²) >= 11 is 3.20. The maximum atomic E-state index is 12.9. The molecule has 0 saturated carbocycles. The van der Waals surface area contributed by atoms with Crippen LogP contribution in [0.2, 0.25) is 0 Å². The first-order valence-electron chi connectivity index (χ1n) is 3.59. The quantitative estimate of drug-likeness (QED) is 0.735. The maximum absolute atomic E-state index is 12.9. The summed E-state index contributed by atoms with van der Waals surface area (Å²) in [5, 5.41) is 0.744. The minimum atomic E-state index is -0.559. The van der Waals surface area contributed by atoms with Gasteiger partial charge in [-0.25, -0.2) is 8.78 Å². The van der Waals surface area contributed by atoms with Gasteiger partial charge in [0.2, 0.25) is 0 Å². The van der Waals surface area contributed by atoms with Gasteiger partial charge in [-0.05, 0) is 12.8 Å². The van der Waals surface area contributed by atoms with Gasteiger partial charge in [-0.15, -0.1) is 0 Å². The van der Waals surface area contributed by atoms with E-state index in [0.29, 0.717) is 6.42 Å². The van der Waals surface area contributed by atoms with E-state index in [0.717, 1.165) is 24.1 Å². The van der Waals surface area contributed by atoms with Crippen molar-refractivity contribution in [2.24, 2.45) is 0 Å². The molecule has 0 amide bonds. The Kier molecular flexibility index (Phi) is 3.59. The summed E-state index contributed by atoms with van der Waals surface area (Å²) < 4.78 is 25.7. The molecule has 0 spiro atoms. The molecule has 0 bridgehead atoms. The average Bonchev–Trinajstić information content (AvgIpc) is 2.04. The van der Waals surface area contributed by atoms with Gasteiger partial charge in [-0.2, -0.15) is 0 Å². The van der Waals surface area contributed by atoms with Crippen LogP contribution in [-0.2, 0) is 6.42 Å². The topological polar surface area (TPSA) is 12.9 Å².